The quantitative estimate of drug-likeness (QED) is 0.388. The second-order valence-corrected chi connectivity index (χ2v) is 6.67. The van der Waals surface area contributed by atoms with Gasteiger partial charge in [-0.25, -0.2) is 9.78 Å². The van der Waals surface area contributed by atoms with Crippen LogP contribution in [-0.2, 0) is 0 Å². The molecule has 4 rings (SSSR count). The van der Waals surface area contributed by atoms with E-state index in [-0.39, 0.29) is 16.8 Å². The Morgan fingerprint density at radius 2 is 1.74 bits per heavy atom. The fourth-order valence-electron chi connectivity index (χ4n) is 3.18. The minimum Gasteiger partial charge on any atom is -0.478 e. The SMILES string of the molecule is O=C(O)c1ccc(-n2c(C=Cc3cccc([N+](=O)[O-])c3)nc3ccccc3c2=O)cc1. The molecule has 3 aromatic carbocycles. The first-order valence-corrected chi connectivity index (χ1v) is 9.22. The number of rotatable bonds is 5. The van der Waals surface area contributed by atoms with Crippen LogP contribution >= 0.6 is 0 Å². The van der Waals surface area contributed by atoms with Crippen LogP contribution in [0.5, 0.6) is 0 Å². The normalized spacial score (nSPS) is 11.1. The van der Waals surface area contributed by atoms with E-state index in [9.17, 15) is 19.7 Å². The molecule has 0 radical (unpaired) electrons. The number of para-hydroxylation sites is 1. The van der Waals surface area contributed by atoms with Crippen LogP contribution in [0.4, 0.5) is 5.69 Å². The number of hydrogen-bond donors (Lipinski definition) is 1. The van der Waals surface area contributed by atoms with E-state index in [1.165, 1.54) is 41.0 Å². The third-order valence-electron chi connectivity index (χ3n) is 4.68. The highest BCUT2D eigenvalue weighted by Gasteiger charge is 2.12. The van der Waals surface area contributed by atoms with Crippen LogP contribution in [0.3, 0.4) is 0 Å². The molecule has 8 nitrogen and oxygen atoms in total. The van der Waals surface area contributed by atoms with Gasteiger partial charge < -0.3 is 5.11 Å². The first kappa shape index (κ1) is 19.7. The molecule has 1 aromatic heterocycles. The lowest BCUT2D eigenvalue weighted by Gasteiger charge is -2.11. The van der Waals surface area contributed by atoms with Crippen molar-refractivity contribution in [2.45, 2.75) is 0 Å². The van der Waals surface area contributed by atoms with Gasteiger partial charge in [0.1, 0.15) is 5.82 Å². The highest BCUT2D eigenvalue weighted by Crippen LogP contribution is 2.18. The number of carbonyl (C=O) groups is 1. The third kappa shape index (κ3) is 3.95. The molecule has 1 N–H and O–H groups in total. The summed E-state index contributed by atoms with van der Waals surface area (Å²) in [4.78, 5) is 39.5. The maximum atomic E-state index is 13.2. The number of benzene rings is 3. The van der Waals surface area contributed by atoms with Crippen molar-refractivity contribution in [3.05, 3.63) is 110 Å². The Kier molecular flexibility index (Phi) is 5.11. The molecule has 31 heavy (non-hydrogen) atoms. The van der Waals surface area contributed by atoms with Crippen LogP contribution in [-0.4, -0.2) is 25.6 Å². The fourth-order valence-corrected chi connectivity index (χ4v) is 3.18. The fraction of sp³-hybridized carbons (Fsp3) is 0. The second kappa shape index (κ2) is 8.03. The number of hydrogen-bond acceptors (Lipinski definition) is 5. The predicted octanol–water partition coefficient (Wildman–Crippen LogP) is 4.16. The van der Waals surface area contributed by atoms with Crippen LogP contribution in [0, 0.1) is 10.1 Å². The van der Waals surface area contributed by atoms with Crippen LogP contribution in [0.25, 0.3) is 28.7 Å². The number of aromatic carboxylic acids is 1. The highest BCUT2D eigenvalue weighted by molar-refractivity contribution is 5.88. The largest absolute Gasteiger partial charge is 0.478 e. The van der Waals surface area contributed by atoms with Crippen LogP contribution in [0.1, 0.15) is 21.7 Å². The summed E-state index contributed by atoms with van der Waals surface area (Å²) in [7, 11) is 0. The molecule has 0 unspecified atom stereocenters. The number of aromatic nitrogens is 2. The van der Waals surface area contributed by atoms with Crippen molar-refractivity contribution in [1.82, 2.24) is 9.55 Å². The summed E-state index contributed by atoms with van der Waals surface area (Å²) in [5.41, 5.74) is 1.27. The molecule has 8 heteroatoms. The molecule has 0 atom stereocenters. The van der Waals surface area contributed by atoms with Gasteiger partial charge >= 0.3 is 5.97 Å². The number of nitrogens with zero attached hydrogens (tertiary/aromatic N) is 3. The maximum absolute atomic E-state index is 13.2. The van der Waals surface area contributed by atoms with E-state index in [0.29, 0.717) is 28.0 Å². The molecule has 0 amide bonds. The lowest BCUT2D eigenvalue weighted by molar-refractivity contribution is -0.384. The standard InChI is InChI=1S/C23H15N3O5/c27-22-19-6-1-2-7-20(19)24-21(13-8-15-4-3-5-18(14-15)26(30)31)25(22)17-11-9-16(10-12-17)23(28)29/h1-14H,(H,28,29). The molecule has 0 aliphatic rings. The molecule has 0 spiro atoms. The molecular formula is C23H15N3O5. The molecule has 152 valence electrons. The smallest absolute Gasteiger partial charge is 0.335 e. The Labute approximate surface area is 175 Å². The first-order chi connectivity index (χ1) is 14.9. The molecule has 0 aliphatic heterocycles. The zero-order valence-electron chi connectivity index (χ0n) is 16.0. The molecule has 0 saturated heterocycles. The summed E-state index contributed by atoms with van der Waals surface area (Å²) in [6.07, 6.45) is 3.23. The zero-order chi connectivity index (χ0) is 22.0. The van der Waals surface area contributed by atoms with E-state index in [0.717, 1.165) is 0 Å². The van der Waals surface area contributed by atoms with Crippen molar-refractivity contribution in [2.75, 3.05) is 0 Å². The van der Waals surface area contributed by atoms with Gasteiger partial charge in [-0.3, -0.25) is 19.5 Å². The van der Waals surface area contributed by atoms with Crippen molar-refractivity contribution in [3.63, 3.8) is 0 Å². The minimum atomic E-state index is -1.07. The lowest BCUT2D eigenvalue weighted by atomic mass is 10.1. The van der Waals surface area contributed by atoms with E-state index in [4.69, 9.17) is 5.11 Å². The Morgan fingerprint density at radius 1 is 1.00 bits per heavy atom. The van der Waals surface area contributed by atoms with Gasteiger partial charge in [-0.15, -0.1) is 0 Å². The maximum Gasteiger partial charge on any atom is 0.335 e. The van der Waals surface area contributed by atoms with Gasteiger partial charge in [-0.2, -0.15) is 0 Å². The van der Waals surface area contributed by atoms with Gasteiger partial charge in [-0.05, 0) is 48.0 Å². The Bertz CT molecular complexity index is 1410. The zero-order valence-corrected chi connectivity index (χ0v) is 16.0. The number of carboxylic acids is 1. The molecule has 1 heterocycles. The average molecular weight is 413 g/mol. The summed E-state index contributed by atoms with van der Waals surface area (Å²) >= 11 is 0. The minimum absolute atomic E-state index is 0.0460. The van der Waals surface area contributed by atoms with Gasteiger partial charge in [0.2, 0.25) is 0 Å². The Balaban J connectivity index is 1.88. The summed E-state index contributed by atoms with van der Waals surface area (Å²) in [5.74, 6) is -0.764. The number of non-ortho nitro benzene ring substituents is 1. The molecule has 0 bridgehead atoms. The highest BCUT2D eigenvalue weighted by atomic mass is 16.6. The second-order valence-electron chi connectivity index (χ2n) is 6.67. The van der Waals surface area contributed by atoms with Gasteiger partial charge in [0.15, 0.2) is 0 Å². The summed E-state index contributed by atoms with van der Waals surface area (Å²) in [5, 5.41) is 20.6. The van der Waals surface area contributed by atoms with E-state index < -0.39 is 10.9 Å². The molecule has 0 fully saturated rings. The van der Waals surface area contributed by atoms with Gasteiger partial charge in [0.05, 0.1) is 27.1 Å². The summed E-state index contributed by atoms with van der Waals surface area (Å²) in [6.45, 7) is 0. The third-order valence-corrected chi connectivity index (χ3v) is 4.68. The number of fused-ring (bicyclic) bond motifs is 1. The Hall–Kier alpha value is -4.59. The van der Waals surface area contributed by atoms with Crippen LogP contribution in [0.2, 0.25) is 0 Å². The van der Waals surface area contributed by atoms with Crippen molar-refractivity contribution in [1.29, 1.82) is 0 Å². The van der Waals surface area contributed by atoms with Crippen molar-refractivity contribution in [2.24, 2.45) is 0 Å². The Morgan fingerprint density at radius 3 is 2.45 bits per heavy atom. The topological polar surface area (TPSA) is 115 Å². The first-order valence-electron chi connectivity index (χ1n) is 9.22. The van der Waals surface area contributed by atoms with Crippen molar-refractivity contribution >= 4 is 34.7 Å². The van der Waals surface area contributed by atoms with Gasteiger partial charge in [-0.1, -0.05) is 30.3 Å². The lowest BCUT2D eigenvalue weighted by Crippen LogP contribution is -2.22. The van der Waals surface area contributed by atoms with Gasteiger partial charge in [0, 0.05) is 12.1 Å². The van der Waals surface area contributed by atoms with E-state index in [1.807, 2.05) is 0 Å². The van der Waals surface area contributed by atoms with E-state index in [2.05, 4.69) is 4.98 Å². The molecule has 0 saturated carbocycles. The molecular weight excluding hydrogens is 398 g/mol. The van der Waals surface area contributed by atoms with E-state index >= 15 is 0 Å². The average Bonchev–Trinajstić information content (AvgIpc) is 2.78. The van der Waals surface area contributed by atoms with E-state index in [1.54, 1.807) is 48.6 Å². The number of carboxylic acid groups (broad SMARTS) is 1. The summed E-state index contributed by atoms with van der Waals surface area (Å²) < 4.78 is 1.38. The molecule has 0 aliphatic carbocycles. The van der Waals surface area contributed by atoms with Crippen molar-refractivity contribution < 1.29 is 14.8 Å². The van der Waals surface area contributed by atoms with Gasteiger partial charge in [0.25, 0.3) is 11.2 Å². The van der Waals surface area contributed by atoms with Crippen LogP contribution < -0.4 is 5.56 Å². The van der Waals surface area contributed by atoms with Crippen LogP contribution in [0.15, 0.2) is 77.6 Å². The monoisotopic (exact) mass is 413 g/mol. The predicted molar refractivity (Wildman–Crippen MR) is 116 cm³/mol. The number of nitro benzene ring substituents is 1. The van der Waals surface area contributed by atoms with Crippen molar-refractivity contribution in [3.8, 4) is 5.69 Å². The summed E-state index contributed by atoms with van der Waals surface area (Å²) in [6, 6.07) is 18.9. The molecule has 4 aromatic rings. The number of nitro groups is 1.